The zero-order chi connectivity index (χ0) is 26.3. The second-order valence-corrected chi connectivity index (χ2v) is 12.4. The van der Waals surface area contributed by atoms with Gasteiger partial charge in [-0.05, 0) is 58.6 Å². The fraction of sp³-hybridized carbons (Fsp3) is 0.577. The van der Waals surface area contributed by atoms with E-state index in [1.807, 2.05) is 25.7 Å². The third-order valence-electron chi connectivity index (χ3n) is 7.14. The highest BCUT2D eigenvalue weighted by molar-refractivity contribution is 7.92. The lowest BCUT2D eigenvalue weighted by atomic mass is 10.0. The fourth-order valence-corrected chi connectivity index (χ4v) is 6.84. The largest absolute Gasteiger partial charge is 0.493 e. The lowest BCUT2D eigenvalue weighted by molar-refractivity contribution is 0.0206. The summed E-state index contributed by atoms with van der Waals surface area (Å²) < 4.78 is 48.4. The lowest BCUT2D eigenvalue weighted by Gasteiger charge is -2.38. The molecule has 1 amide bonds. The predicted molar refractivity (Wildman–Crippen MR) is 134 cm³/mol. The van der Waals surface area contributed by atoms with Crippen molar-refractivity contribution in [1.29, 1.82) is 0 Å². The number of carbonyl (C=O) groups is 1. The van der Waals surface area contributed by atoms with E-state index in [1.165, 1.54) is 25.6 Å². The van der Waals surface area contributed by atoms with Gasteiger partial charge in [0.2, 0.25) is 11.8 Å². The van der Waals surface area contributed by atoms with Crippen LogP contribution in [0.5, 0.6) is 23.3 Å². The van der Waals surface area contributed by atoms with Gasteiger partial charge in [-0.25, -0.2) is 23.2 Å². The van der Waals surface area contributed by atoms with E-state index in [0.717, 1.165) is 12.8 Å². The summed E-state index contributed by atoms with van der Waals surface area (Å²) in [5.41, 5.74) is 0.619. The number of rotatable bonds is 8. The minimum absolute atomic E-state index is 0.0857. The smallest absolute Gasteiger partial charge is 0.410 e. The van der Waals surface area contributed by atoms with E-state index in [9.17, 15) is 13.2 Å². The molecule has 3 fully saturated rings. The molecule has 2 unspecified atom stereocenters. The number of aromatic nitrogens is 2. The van der Waals surface area contributed by atoms with Crippen molar-refractivity contribution in [2.45, 2.75) is 93.7 Å². The van der Waals surface area contributed by atoms with Crippen molar-refractivity contribution in [3.8, 4) is 23.3 Å². The molecule has 200 valence electrons. The van der Waals surface area contributed by atoms with Crippen LogP contribution in [-0.4, -0.2) is 66.0 Å². The number of sulfone groups is 1. The number of piperidine rings is 1. The number of methoxy groups -OCH3 is 1. The Kier molecular flexibility index (Phi) is 6.91. The highest BCUT2D eigenvalue weighted by atomic mass is 32.2. The van der Waals surface area contributed by atoms with Gasteiger partial charge >= 0.3 is 6.09 Å². The molecule has 1 saturated carbocycles. The molecule has 10 nitrogen and oxygen atoms in total. The number of nitrogens with zero attached hydrogens (tertiary/aromatic N) is 3. The molecule has 5 rings (SSSR count). The quantitative estimate of drug-likeness (QED) is 0.487. The molecule has 11 heteroatoms. The minimum atomic E-state index is -3.35. The maximum absolute atomic E-state index is 12.6. The average Bonchev–Trinajstić information content (AvgIpc) is 3.67. The summed E-state index contributed by atoms with van der Waals surface area (Å²) >= 11 is 0. The van der Waals surface area contributed by atoms with Crippen LogP contribution >= 0.6 is 0 Å². The Morgan fingerprint density at radius 1 is 1.03 bits per heavy atom. The molecule has 1 aliphatic carbocycles. The van der Waals surface area contributed by atoms with Crippen molar-refractivity contribution in [3.05, 3.63) is 30.1 Å². The van der Waals surface area contributed by atoms with Gasteiger partial charge in [-0.3, -0.25) is 0 Å². The lowest BCUT2D eigenvalue weighted by Crippen LogP contribution is -2.50. The molecule has 1 aromatic heterocycles. The molecule has 1 aromatic carbocycles. The van der Waals surface area contributed by atoms with Gasteiger partial charge in [0, 0.05) is 31.0 Å². The summed E-state index contributed by atoms with van der Waals surface area (Å²) in [6.07, 6.45) is 5.52. The van der Waals surface area contributed by atoms with E-state index in [4.69, 9.17) is 18.9 Å². The molecule has 2 bridgehead atoms. The molecule has 2 aromatic rings. The maximum Gasteiger partial charge on any atom is 0.410 e. The molecule has 3 aliphatic rings. The fourth-order valence-electron chi connectivity index (χ4n) is 5.17. The van der Waals surface area contributed by atoms with E-state index in [0.29, 0.717) is 54.5 Å². The normalized spacial score (nSPS) is 23.2. The summed E-state index contributed by atoms with van der Waals surface area (Å²) in [4.78, 5) is 23.2. The van der Waals surface area contributed by atoms with Gasteiger partial charge < -0.3 is 23.8 Å². The van der Waals surface area contributed by atoms with Crippen molar-refractivity contribution < 1.29 is 32.2 Å². The van der Waals surface area contributed by atoms with Gasteiger partial charge in [-0.2, -0.15) is 0 Å². The van der Waals surface area contributed by atoms with Crippen molar-refractivity contribution in [1.82, 2.24) is 14.9 Å². The summed E-state index contributed by atoms with van der Waals surface area (Å²) in [5.74, 6) is 1.36. The molecular formula is C26H33N3O7S. The molecule has 2 saturated heterocycles. The second-order valence-electron chi connectivity index (χ2n) is 10.2. The molecule has 2 aliphatic heterocycles. The molecule has 0 N–H and O–H groups in total. The van der Waals surface area contributed by atoms with E-state index >= 15 is 0 Å². The number of hydrogen-bond acceptors (Lipinski definition) is 9. The third-order valence-corrected chi connectivity index (χ3v) is 9.40. The number of fused-ring (bicyclic) bond motifs is 2. The Morgan fingerprint density at radius 2 is 1.70 bits per heavy atom. The number of amides is 1. The van der Waals surface area contributed by atoms with Crippen LogP contribution in [0.1, 0.15) is 57.9 Å². The molecule has 0 radical (unpaired) electrons. The number of hydrogen-bond donors (Lipinski definition) is 0. The Hall–Kier alpha value is -3.08. The number of benzene rings is 1. The predicted octanol–water partition coefficient (Wildman–Crippen LogP) is 4.44. The first-order valence-corrected chi connectivity index (χ1v) is 14.3. The van der Waals surface area contributed by atoms with Crippen LogP contribution in [0.3, 0.4) is 0 Å². The maximum atomic E-state index is 12.6. The number of ether oxygens (including phenoxy) is 4. The van der Waals surface area contributed by atoms with E-state index in [-0.39, 0.29) is 40.5 Å². The van der Waals surface area contributed by atoms with Gasteiger partial charge in [-0.15, -0.1) is 0 Å². The van der Waals surface area contributed by atoms with Crippen LogP contribution in [0.25, 0.3) is 0 Å². The molecular weight excluding hydrogens is 498 g/mol. The molecule has 3 heterocycles. The van der Waals surface area contributed by atoms with Crippen molar-refractivity contribution in [3.63, 3.8) is 0 Å². The summed E-state index contributed by atoms with van der Waals surface area (Å²) in [6, 6.07) is 4.78. The Bertz CT molecular complexity index is 1260. The minimum Gasteiger partial charge on any atom is -0.493 e. The van der Waals surface area contributed by atoms with Gasteiger partial charge in [0.25, 0.3) is 0 Å². The first-order valence-electron chi connectivity index (χ1n) is 12.7. The monoisotopic (exact) mass is 531 g/mol. The highest BCUT2D eigenvalue weighted by Crippen LogP contribution is 2.41. The Morgan fingerprint density at radius 3 is 2.32 bits per heavy atom. The Balaban J connectivity index is 1.29. The van der Waals surface area contributed by atoms with Crippen molar-refractivity contribution in [2.24, 2.45) is 0 Å². The van der Waals surface area contributed by atoms with Crippen LogP contribution in [0, 0.1) is 6.92 Å². The van der Waals surface area contributed by atoms with Crippen molar-refractivity contribution >= 4 is 15.9 Å². The molecule has 3 atom stereocenters. The zero-order valence-electron chi connectivity index (χ0n) is 21.5. The Labute approximate surface area is 217 Å². The summed E-state index contributed by atoms with van der Waals surface area (Å²) in [6.45, 7) is 5.52. The first-order chi connectivity index (χ1) is 17.7. The van der Waals surface area contributed by atoms with E-state index in [1.54, 1.807) is 6.07 Å². The molecule has 0 spiro atoms. The van der Waals surface area contributed by atoms with Crippen LogP contribution in [0.2, 0.25) is 0 Å². The highest BCUT2D eigenvalue weighted by Gasteiger charge is 2.45. The van der Waals surface area contributed by atoms with Crippen LogP contribution in [0.4, 0.5) is 4.79 Å². The van der Waals surface area contributed by atoms with Gasteiger partial charge in [0.15, 0.2) is 21.3 Å². The summed E-state index contributed by atoms with van der Waals surface area (Å²) in [7, 11) is -1.89. The summed E-state index contributed by atoms with van der Waals surface area (Å²) in [5, 5.41) is -0.309. The van der Waals surface area contributed by atoms with Gasteiger partial charge in [0.05, 0.1) is 28.9 Å². The number of carbonyl (C=O) groups excluding carboxylic acids is 1. The van der Waals surface area contributed by atoms with Crippen LogP contribution in [-0.2, 0) is 14.6 Å². The van der Waals surface area contributed by atoms with E-state index in [2.05, 4.69) is 9.97 Å². The van der Waals surface area contributed by atoms with Crippen LogP contribution < -0.4 is 14.2 Å². The molecule has 37 heavy (non-hydrogen) atoms. The first kappa shape index (κ1) is 25.6. The SMILES string of the molecule is COc1cc(S(=O)(=O)C2CC2)ccc1Oc1ncnc(OC2CC3CC[C@@H](C2)N3C(=O)OC(C)C)c1C. The standard InChI is InChI=1S/C26H33N3O7S/c1-15(2)34-26(30)29-17-5-6-18(29)12-19(11-17)35-24-16(3)25(28-14-27-24)36-22-10-9-21(13-23(22)33-4)37(31,32)20-7-8-20/h9-10,13-15,17-20H,5-8,11-12H2,1-4H3/t17-,18?,19?/m0/s1. The van der Waals surface area contributed by atoms with Gasteiger partial charge in [-0.1, -0.05) is 0 Å². The average molecular weight is 532 g/mol. The topological polar surface area (TPSA) is 117 Å². The van der Waals surface area contributed by atoms with Crippen LogP contribution in [0.15, 0.2) is 29.4 Å². The van der Waals surface area contributed by atoms with Crippen molar-refractivity contribution in [2.75, 3.05) is 7.11 Å². The third kappa shape index (κ3) is 5.18. The van der Waals surface area contributed by atoms with Gasteiger partial charge in [0.1, 0.15) is 12.4 Å². The zero-order valence-corrected chi connectivity index (χ0v) is 22.4. The van der Waals surface area contributed by atoms with E-state index < -0.39 is 9.84 Å². The second kappa shape index (κ2) is 10.00.